The van der Waals surface area contributed by atoms with Crippen molar-refractivity contribution in [3.63, 3.8) is 0 Å². The monoisotopic (exact) mass is 418 g/mol. The van der Waals surface area contributed by atoms with Gasteiger partial charge in [-0.2, -0.15) is 8.78 Å². The number of aryl methyl sites for hydroxylation is 1. The molecule has 0 aliphatic rings. The van der Waals surface area contributed by atoms with Crippen LogP contribution in [-0.4, -0.2) is 32.5 Å². The molecule has 152 valence electrons. The summed E-state index contributed by atoms with van der Waals surface area (Å²) in [5.74, 6) is 0.253. The summed E-state index contributed by atoms with van der Waals surface area (Å²) in [5.41, 5.74) is 2.22. The van der Waals surface area contributed by atoms with Gasteiger partial charge in [-0.25, -0.2) is 0 Å². The summed E-state index contributed by atoms with van der Waals surface area (Å²) in [6.45, 7) is 0.725. The first-order chi connectivity index (χ1) is 13.9. The molecule has 0 fully saturated rings. The van der Waals surface area contributed by atoms with E-state index in [1.807, 2.05) is 42.8 Å². The Labute approximate surface area is 171 Å². The lowest BCUT2D eigenvalue weighted by Gasteiger charge is -2.14. The van der Waals surface area contributed by atoms with Crippen LogP contribution in [0.15, 0.2) is 53.7 Å². The van der Waals surface area contributed by atoms with E-state index in [-0.39, 0.29) is 17.3 Å². The number of ether oxygens (including phenoxy) is 1. The summed E-state index contributed by atoms with van der Waals surface area (Å²) in [6, 6.07) is 13.9. The molecule has 0 unspecified atom stereocenters. The Balaban J connectivity index is 1.72. The van der Waals surface area contributed by atoms with Gasteiger partial charge in [0.05, 0.1) is 10.9 Å². The number of anilines is 1. The van der Waals surface area contributed by atoms with Crippen LogP contribution in [0.2, 0.25) is 0 Å². The number of nitrogens with zero attached hydrogens (tertiary/aromatic N) is 3. The van der Waals surface area contributed by atoms with Crippen LogP contribution in [0.25, 0.3) is 11.4 Å². The average molecular weight is 418 g/mol. The van der Waals surface area contributed by atoms with E-state index in [9.17, 15) is 13.6 Å². The number of alkyl halides is 2. The summed E-state index contributed by atoms with van der Waals surface area (Å²) >= 11 is 1.23. The molecule has 0 saturated carbocycles. The largest absolute Gasteiger partial charge is 0.433 e. The zero-order chi connectivity index (χ0) is 21.0. The molecule has 3 rings (SSSR count). The molecule has 0 aliphatic carbocycles. The number of hydrogen-bond acceptors (Lipinski definition) is 5. The smallest absolute Gasteiger partial charge is 0.387 e. The lowest BCUT2D eigenvalue weighted by molar-refractivity contribution is -0.115. The minimum atomic E-state index is -2.97. The van der Waals surface area contributed by atoms with Crippen molar-refractivity contribution < 1.29 is 18.3 Å². The highest BCUT2D eigenvalue weighted by molar-refractivity contribution is 8.00. The molecular formula is C20H20F2N4O2S. The third-order valence-corrected chi connectivity index (χ3v) is 5.37. The normalized spacial score (nSPS) is 12.1. The molecule has 1 atom stereocenters. The number of hydrogen-bond donors (Lipinski definition) is 1. The molecule has 0 spiro atoms. The number of carbonyl (C=O) groups is 1. The van der Waals surface area contributed by atoms with Crippen LogP contribution in [0.3, 0.4) is 0 Å². The molecule has 1 amide bonds. The molecule has 9 heteroatoms. The van der Waals surface area contributed by atoms with E-state index in [2.05, 4.69) is 20.3 Å². The number of halogens is 2. The third kappa shape index (κ3) is 4.92. The van der Waals surface area contributed by atoms with Crippen molar-refractivity contribution in [3.8, 4) is 17.1 Å². The van der Waals surface area contributed by atoms with Crippen molar-refractivity contribution in [1.82, 2.24) is 14.8 Å². The summed E-state index contributed by atoms with van der Waals surface area (Å²) in [7, 11) is 1.83. The van der Waals surface area contributed by atoms with E-state index in [0.29, 0.717) is 11.0 Å². The first-order valence-electron chi connectivity index (χ1n) is 8.83. The van der Waals surface area contributed by atoms with E-state index in [0.717, 1.165) is 11.1 Å². The van der Waals surface area contributed by atoms with Crippen LogP contribution in [0, 0.1) is 6.92 Å². The van der Waals surface area contributed by atoms with Gasteiger partial charge in [0, 0.05) is 12.6 Å². The van der Waals surface area contributed by atoms with E-state index in [1.54, 1.807) is 19.1 Å². The summed E-state index contributed by atoms with van der Waals surface area (Å²) < 4.78 is 31.4. The van der Waals surface area contributed by atoms with E-state index in [4.69, 9.17) is 0 Å². The molecule has 0 saturated heterocycles. The van der Waals surface area contributed by atoms with Crippen LogP contribution in [-0.2, 0) is 11.8 Å². The van der Waals surface area contributed by atoms with Gasteiger partial charge >= 0.3 is 6.61 Å². The van der Waals surface area contributed by atoms with Crippen LogP contribution in [0.5, 0.6) is 5.75 Å². The number of benzene rings is 2. The molecule has 29 heavy (non-hydrogen) atoms. The molecule has 3 aromatic rings. The van der Waals surface area contributed by atoms with Crippen LogP contribution < -0.4 is 10.1 Å². The maximum Gasteiger partial charge on any atom is 0.387 e. The van der Waals surface area contributed by atoms with Gasteiger partial charge in [0.1, 0.15) is 5.75 Å². The Kier molecular flexibility index (Phi) is 6.48. The second kappa shape index (κ2) is 9.04. The zero-order valence-corrected chi connectivity index (χ0v) is 16.9. The van der Waals surface area contributed by atoms with E-state index >= 15 is 0 Å². The van der Waals surface area contributed by atoms with Crippen molar-refractivity contribution in [2.75, 3.05) is 5.32 Å². The van der Waals surface area contributed by atoms with Gasteiger partial charge in [0.2, 0.25) is 5.91 Å². The summed E-state index contributed by atoms with van der Waals surface area (Å²) in [6.07, 6.45) is 0. The SMILES string of the molecule is Cc1ccccc1-c1nnc(S[C@@H](C)C(=O)Nc2ccccc2OC(F)F)n1C. The van der Waals surface area contributed by atoms with Crippen molar-refractivity contribution in [2.24, 2.45) is 7.05 Å². The topological polar surface area (TPSA) is 69.0 Å². The molecular weight excluding hydrogens is 398 g/mol. The number of aromatic nitrogens is 3. The molecule has 0 radical (unpaired) electrons. The van der Waals surface area contributed by atoms with Crippen molar-refractivity contribution in [2.45, 2.75) is 30.9 Å². The number of nitrogens with one attached hydrogen (secondary N) is 1. The summed E-state index contributed by atoms with van der Waals surface area (Å²) in [4.78, 5) is 12.6. The van der Waals surface area contributed by atoms with Gasteiger partial charge in [-0.05, 0) is 31.5 Å². The van der Waals surface area contributed by atoms with Gasteiger partial charge in [0.25, 0.3) is 0 Å². The number of rotatable bonds is 7. The van der Waals surface area contributed by atoms with Crippen LogP contribution >= 0.6 is 11.8 Å². The van der Waals surface area contributed by atoms with E-state index in [1.165, 1.54) is 23.9 Å². The predicted octanol–water partition coefficient (Wildman–Crippen LogP) is 4.51. The number of thioether (sulfide) groups is 1. The minimum Gasteiger partial charge on any atom is -0.433 e. The fourth-order valence-electron chi connectivity index (χ4n) is 2.69. The standard InChI is InChI=1S/C20H20F2N4O2S/c1-12-8-4-5-9-14(12)17-24-25-20(26(17)3)29-13(2)18(27)23-15-10-6-7-11-16(15)28-19(21)22/h4-11,13,19H,1-3H3,(H,23,27)/t13-/m0/s1. The van der Waals surface area contributed by atoms with Crippen molar-refractivity contribution in [1.29, 1.82) is 0 Å². The molecule has 0 bridgehead atoms. The maximum absolute atomic E-state index is 12.6. The van der Waals surface area contributed by atoms with Gasteiger partial charge < -0.3 is 14.6 Å². The van der Waals surface area contributed by atoms with Gasteiger partial charge in [0.15, 0.2) is 11.0 Å². The van der Waals surface area contributed by atoms with Crippen LogP contribution in [0.4, 0.5) is 14.5 Å². The van der Waals surface area contributed by atoms with Crippen molar-refractivity contribution in [3.05, 3.63) is 54.1 Å². The maximum atomic E-state index is 12.6. The summed E-state index contributed by atoms with van der Waals surface area (Å²) in [5, 5.41) is 11.1. The number of carbonyl (C=O) groups excluding carboxylic acids is 1. The highest BCUT2D eigenvalue weighted by Gasteiger charge is 2.21. The fraction of sp³-hybridized carbons (Fsp3) is 0.250. The van der Waals surface area contributed by atoms with E-state index < -0.39 is 11.9 Å². The predicted molar refractivity (Wildman–Crippen MR) is 108 cm³/mol. The Morgan fingerprint density at radius 1 is 1.14 bits per heavy atom. The lowest BCUT2D eigenvalue weighted by Crippen LogP contribution is -2.23. The average Bonchev–Trinajstić information content (AvgIpc) is 3.03. The fourth-order valence-corrected chi connectivity index (χ4v) is 3.51. The number of amides is 1. The second-order valence-corrected chi connectivity index (χ2v) is 7.61. The molecule has 1 aromatic heterocycles. The van der Waals surface area contributed by atoms with Crippen LogP contribution in [0.1, 0.15) is 12.5 Å². The Bertz CT molecular complexity index is 1010. The molecule has 1 N–H and O–H groups in total. The first-order valence-corrected chi connectivity index (χ1v) is 9.71. The lowest BCUT2D eigenvalue weighted by atomic mass is 10.1. The van der Waals surface area contributed by atoms with Gasteiger partial charge in [-0.3, -0.25) is 4.79 Å². The molecule has 2 aromatic carbocycles. The molecule has 6 nitrogen and oxygen atoms in total. The highest BCUT2D eigenvalue weighted by atomic mass is 32.2. The Morgan fingerprint density at radius 3 is 2.55 bits per heavy atom. The first kappa shape index (κ1) is 20.8. The second-order valence-electron chi connectivity index (χ2n) is 6.30. The highest BCUT2D eigenvalue weighted by Crippen LogP contribution is 2.29. The third-order valence-electron chi connectivity index (χ3n) is 4.23. The van der Waals surface area contributed by atoms with Gasteiger partial charge in [-0.1, -0.05) is 48.2 Å². The zero-order valence-electron chi connectivity index (χ0n) is 16.1. The molecule has 0 aliphatic heterocycles. The minimum absolute atomic E-state index is 0.0893. The van der Waals surface area contributed by atoms with Crippen molar-refractivity contribution >= 4 is 23.4 Å². The Hall–Kier alpha value is -2.94. The number of para-hydroxylation sites is 2. The quantitative estimate of drug-likeness (QED) is 0.572. The Morgan fingerprint density at radius 2 is 1.83 bits per heavy atom. The molecule has 1 heterocycles. The van der Waals surface area contributed by atoms with Gasteiger partial charge in [-0.15, -0.1) is 10.2 Å².